The van der Waals surface area contributed by atoms with E-state index in [2.05, 4.69) is 0 Å². The van der Waals surface area contributed by atoms with E-state index >= 15 is 0 Å². The Morgan fingerprint density at radius 3 is 2.75 bits per heavy atom. The molecule has 2 aromatic carbocycles. The molecule has 0 aromatic heterocycles. The molecule has 2 aromatic rings. The van der Waals surface area contributed by atoms with E-state index < -0.39 is 0 Å². The summed E-state index contributed by atoms with van der Waals surface area (Å²) in [7, 11) is 1.48. The van der Waals surface area contributed by atoms with Gasteiger partial charge in [0.1, 0.15) is 11.6 Å². The first kappa shape index (κ1) is 14.3. The number of hydrogen-bond donors (Lipinski definition) is 0. The zero-order valence-electron chi connectivity index (χ0n) is 10.8. The van der Waals surface area contributed by atoms with Crippen molar-refractivity contribution in [1.82, 2.24) is 0 Å². The van der Waals surface area contributed by atoms with E-state index in [0.29, 0.717) is 21.9 Å². The molecule has 0 radical (unpaired) electrons. The van der Waals surface area contributed by atoms with E-state index in [-0.39, 0.29) is 11.6 Å². The summed E-state index contributed by atoms with van der Waals surface area (Å²) in [4.78, 5) is 12.1. The average molecular weight is 291 g/mol. The lowest BCUT2D eigenvalue weighted by Gasteiger charge is -2.05. The molecule has 0 aliphatic carbocycles. The van der Waals surface area contributed by atoms with Crippen molar-refractivity contribution in [1.29, 1.82) is 0 Å². The number of carbonyl (C=O) groups excluding carboxylic acids is 1. The van der Waals surface area contributed by atoms with Crippen molar-refractivity contribution in [2.45, 2.75) is 0 Å². The van der Waals surface area contributed by atoms with Crippen molar-refractivity contribution < 1.29 is 13.9 Å². The van der Waals surface area contributed by atoms with Gasteiger partial charge in [-0.1, -0.05) is 29.8 Å². The molecular weight excluding hydrogens is 279 g/mol. The monoisotopic (exact) mass is 290 g/mol. The Bertz CT molecular complexity index is 665. The highest BCUT2D eigenvalue weighted by molar-refractivity contribution is 6.31. The Hall–Kier alpha value is -2.13. The molecule has 0 atom stereocenters. The van der Waals surface area contributed by atoms with E-state index in [9.17, 15) is 9.18 Å². The van der Waals surface area contributed by atoms with Gasteiger partial charge in [-0.3, -0.25) is 4.79 Å². The second-order valence-electron chi connectivity index (χ2n) is 4.10. The first-order valence-corrected chi connectivity index (χ1v) is 6.29. The molecule has 0 saturated heterocycles. The number of carbonyl (C=O) groups is 1. The van der Waals surface area contributed by atoms with Crippen molar-refractivity contribution in [3.63, 3.8) is 0 Å². The maximum Gasteiger partial charge on any atom is 0.189 e. The molecule has 0 fully saturated rings. The van der Waals surface area contributed by atoms with Crippen molar-refractivity contribution >= 4 is 23.5 Å². The third-order valence-corrected chi connectivity index (χ3v) is 2.94. The molecule has 102 valence electrons. The van der Waals surface area contributed by atoms with Gasteiger partial charge in [0, 0.05) is 5.02 Å². The molecular formula is C16H12ClFO2. The smallest absolute Gasteiger partial charge is 0.189 e. The van der Waals surface area contributed by atoms with Crippen LogP contribution in [0.4, 0.5) is 4.39 Å². The van der Waals surface area contributed by atoms with Crippen LogP contribution in [0.1, 0.15) is 15.9 Å². The summed E-state index contributed by atoms with van der Waals surface area (Å²) in [5, 5.41) is 0.452. The molecule has 0 unspecified atom stereocenters. The van der Waals surface area contributed by atoms with E-state index in [1.54, 1.807) is 36.4 Å². The van der Waals surface area contributed by atoms with Crippen LogP contribution in [0, 0.1) is 5.82 Å². The van der Waals surface area contributed by atoms with Crippen molar-refractivity contribution in [2.24, 2.45) is 0 Å². The van der Waals surface area contributed by atoms with Gasteiger partial charge in [-0.2, -0.15) is 0 Å². The summed E-state index contributed by atoms with van der Waals surface area (Å²) in [5.41, 5.74) is 0.979. The lowest BCUT2D eigenvalue weighted by Crippen LogP contribution is -1.98. The number of ether oxygens (including phenoxy) is 1. The Kier molecular flexibility index (Phi) is 4.53. The minimum atomic E-state index is -0.347. The van der Waals surface area contributed by atoms with E-state index in [1.807, 2.05) is 0 Å². The molecule has 0 aliphatic rings. The maximum absolute atomic E-state index is 13.0. The number of halogens is 2. The predicted octanol–water partition coefficient (Wildman–Crippen LogP) is 4.38. The highest BCUT2D eigenvalue weighted by atomic mass is 35.5. The minimum Gasteiger partial charge on any atom is -0.496 e. The normalized spacial score (nSPS) is 10.8. The van der Waals surface area contributed by atoms with E-state index in [4.69, 9.17) is 16.3 Å². The molecule has 0 spiro atoms. The number of rotatable bonds is 4. The zero-order valence-corrected chi connectivity index (χ0v) is 11.5. The molecule has 20 heavy (non-hydrogen) atoms. The molecule has 0 saturated carbocycles. The number of allylic oxidation sites excluding steroid dienone is 1. The topological polar surface area (TPSA) is 26.3 Å². The summed E-state index contributed by atoms with van der Waals surface area (Å²) in [6.45, 7) is 0. The molecule has 4 heteroatoms. The minimum absolute atomic E-state index is 0.256. The third-order valence-electron chi connectivity index (χ3n) is 2.70. The maximum atomic E-state index is 13.0. The average Bonchev–Trinajstić information content (AvgIpc) is 2.45. The van der Waals surface area contributed by atoms with Gasteiger partial charge in [-0.15, -0.1) is 0 Å². The molecule has 0 amide bonds. The quantitative estimate of drug-likeness (QED) is 0.617. The summed E-state index contributed by atoms with van der Waals surface area (Å²) >= 11 is 5.87. The molecule has 0 heterocycles. The largest absolute Gasteiger partial charge is 0.496 e. The molecule has 2 nitrogen and oxygen atoms in total. The van der Waals surface area contributed by atoms with Crippen LogP contribution in [0.2, 0.25) is 5.02 Å². The Morgan fingerprint density at radius 2 is 2.05 bits per heavy atom. The van der Waals surface area contributed by atoms with Crippen LogP contribution in [-0.2, 0) is 0 Å². The standard InChI is InChI=1S/C16H12ClFO2/c1-20-16-8-6-12(17)10-14(16)15(19)7-5-11-3-2-4-13(18)9-11/h2-10H,1H3/b7-5+. The summed E-state index contributed by atoms with van der Waals surface area (Å²) in [6, 6.07) is 10.8. The second-order valence-corrected chi connectivity index (χ2v) is 4.53. The Morgan fingerprint density at radius 1 is 1.25 bits per heavy atom. The SMILES string of the molecule is COc1ccc(Cl)cc1C(=O)/C=C/c1cccc(F)c1. The van der Waals surface area contributed by atoms with Gasteiger partial charge >= 0.3 is 0 Å². The summed E-state index contributed by atoms with van der Waals surface area (Å²) in [5.74, 6) is -0.156. The van der Waals surface area contributed by atoms with Crippen molar-refractivity contribution in [2.75, 3.05) is 7.11 Å². The highest BCUT2D eigenvalue weighted by Gasteiger charge is 2.10. The molecule has 0 aliphatic heterocycles. The van der Waals surface area contributed by atoms with Crippen molar-refractivity contribution in [3.8, 4) is 5.75 Å². The van der Waals surface area contributed by atoms with Gasteiger partial charge in [0.15, 0.2) is 5.78 Å². The Labute approximate surface area is 121 Å². The van der Waals surface area contributed by atoms with Crippen LogP contribution >= 0.6 is 11.6 Å². The van der Waals surface area contributed by atoms with Gasteiger partial charge in [-0.05, 0) is 42.0 Å². The first-order valence-electron chi connectivity index (χ1n) is 5.91. The van der Waals surface area contributed by atoms with Gasteiger partial charge in [0.2, 0.25) is 0 Å². The van der Waals surface area contributed by atoms with Crippen LogP contribution in [-0.4, -0.2) is 12.9 Å². The van der Waals surface area contributed by atoms with Gasteiger partial charge in [-0.25, -0.2) is 4.39 Å². The molecule has 2 rings (SSSR count). The lowest BCUT2D eigenvalue weighted by molar-refractivity contribution is 0.104. The third kappa shape index (κ3) is 3.45. The Balaban J connectivity index is 2.26. The number of methoxy groups -OCH3 is 1. The van der Waals surface area contributed by atoms with Crippen LogP contribution in [0.3, 0.4) is 0 Å². The second kappa shape index (κ2) is 6.35. The van der Waals surface area contributed by atoms with Gasteiger partial charge in [0.25, 0.3) is 0 Å². The van der Waals surface area contributed by atoms with Crippen LogP contribution < -0.4 is 4.74 Å². The van der Waals surface area contributed by atoms with E-state index in [1.165, 1.54) is 25.3 Å². The first-order chi connectivity index (χ1) is 9.60. The van der Waals surface area contributed by atoms with Gasteiger partial charge < -0.3 is 4.74 Å². The van der Waals surface area contributed by atoms with Crippen molar-refractivity contribution in [3.05, 3.63) is 70.5 Å². The lowest BCUT2D eigenvalue weighted by atomic mass is 10.1. The van der Waals surface area contributed by atoms with Crippen LogP contribution in [0.15, 0.2) is 48.5 Å². The van der Waals surface area contributed by atoms with Gasteiger partial charge in [0.05, 0.1) is 12.7 Å². The fourth-order valence-corrected chi connectivity index (χ4v) is 1.92. The number of hydrogen-bond acceptors (Lipinski definition) is 2. The van der Waals surface area contributed by atoms with Crippen LogP contribution in [0.25, 0.3) is 6.08 Å². The summed E-state index contributed by atoms with van der Waals surface area (Å²) < 4.78 is 18.1. The number of benzene rings is 2. The highest BCUT2D eigenvalue weighted by Crippen LogP contribution is 2.23. The molecule has 0 N–H and O–H groups in total. The predicted molar refractivity (Wildman–Crippen MR) is 77.8 cm³/mol. The fourth-order valence-electron chi connectivity index (χ4n) is 1.74. The molecule has 0 bridgehead atoms. The summed E-state index contributed by atoms with van der Waals surface area (Å²) in [6.07, 6.45) is 2.91. The van der Waals surface area contributed by atoms with Crippen LogP contribution in [0.5, 0.6) is 5.75 Å². The van der Waals surface area contributed by atoms with E-state index in [0.717, 1.165) is 0 Å². The number of ketones is 1. The zero-order chi connectivity index (χ0) is 14.5. The fraction of sp³-hybridized carbons (Fsp3) is 0.0625.